The van der Waals surface area contributed by atoms with E-state index in [1.54, 1.807) is 18.2 Å². The van der Waals surface area contributed by atoms with Gasteiger partial charge in [0.1, 0.15) is 29.5 Å². The van der Waals surface area contributed by atoms with Crippen LogP contribution < -0.4 is 10.6 Å². The number of nitrogens with one attached hydrogen (secondary N) is 3. The number of carbonyl (C=O) groups is 3. The third kappa shape index (κ3) is 3.41. The zero-order valence-electron chi connectivity index (χ0n) is 18.8. The van der Waals surface area contributed by atoms with Crippen molar-refractivity contribution in [2.45, 2.75) is 18.4 Å². The van der Waals surface area contributed by atoms with Crippen molar-refractivity contribution in [2.24, 2.45) is 0 Å². The van der Waals surface area contributed by atoms with E-state index in [4.69, 9.17) is 0 Å². The highest BCUT2D eigenvalue weighted by atomic mass is 19.1. The molecule has 8 nitrogen and oxygen atoms in total. The van der Waals surface area contributed by atoms with Crippen LogP contribution in [0.4, 0.5) is 19.3 Å². The average molecular weight is 487 g/mol. The number of amides is 4. The normalized spacial score (nSPS) is 18.7. The van der Waals surface area contributed by atoms with E-state index in [1.807, 2.05) is 24.3 Å². The van der Waals surface area contributed by atoms with Crippen LogP contribution in [0, 0.1) is 11.6 Å². The fraction of sp³-hybridized carbons (Fsp3) is 0.154. The molecule has 10 heteroatoms. The number of aromatic nitrogens is 2. The highest BCUT2D eigenvalue weighted by Gasteiger charge is 2.55. The second kappa shape index (κ2) is 7.98. The summed E-state index contributed by atoms with van der Waals surface area (Å²) in [5.41, 5.74) is 1.98. The first kappa shape index (κ1) is 21.9. The van der Waals surface area contributed by atoms with Crippen molar-refractivity contribution in [3.05, 3.63) is 83.4 Å². The molecule has 3 N–H and O–H groups in total. The molecule has 1 aliphatic heterocycles. The number of aryl methyl sites for hydroxylation is 1. The van der Waals surface area contributed by atoms with Gasteiger partial charge in [0.2, 0.25) is 5.91 Å². The number of imide groups is 1. The third-order valence-electron chi connectivity index (χ3n) is 6.67. The molecule has 2 aliphatic rings. The third-order valence-corrected chi connectivity index (χ3v) is 6.67. The molecule has 1 fully saturated rings. The number of fused-ring (bicyclic) bond motifs is 3. The molecule has 1 atom stereocenters. The second-order valence-electron chi connectivity index (χ2n) is 8.87. The van der Waals surface area contributed by atoms with Crippen molar-refractivity contribution in [3.8, 4) is 11.4 Å². The zero-order valence-corrected chi connectivity index (χ0v) is 18.8. The van der Waals surface area contributed by atoms with Gasteiger partial charge in [-0.3, -0.25) is 14.5 Å². The molecule has 0 radical (unpaired) electrons. The van der Waals surface area contributed by atoms with Crippen LogP contribution in [0.25, 0.3) is 22.4 Å². The highest BCUT2D eigenvalue weighted by molar-refractivity contribution is 6.11. The van der Waals surface area contributed by atoms with Crippen LogP contribution in [-0.4, -0.2) is 39.3 Å². The number of carbonyl (C=O) groups excluding carboxylic acids is 3. The zero-order chi connectivity index (χ0) is 25.0. The monoisotopic (exact) mass is 487 g/mol. The maximum Gasteiger partial charge on any atom is 0.325 e. The predicted molar refractivity (Wildman–Crippen MR) is 127 cm³/mol. The number of H-pyrrole nitrogens is 1. The molecule has 4 aromatic rings. The molecule has 36 heavy (non-hydrogen) atoms. The van der Waals surface area contributed by atoms with Gasteiger partial charge in [0, 0.05) is 5.69 Å². The molecule has 0 bridgehead atoms. The van der Waals surface area contributed by atoms with E-state index in [0.29, 0.717) is 29.6 Å². The number of halogens is 2. The Morgan fingerprint density at radius 1 is 1.08 bits per heavy atom. The lowest BCUT2D eigenvalue weighted by molar-refractivity contribution is -0.134. The number of hydrogen-bond acceptors (Lipinski definition) is 4. The van der Waals surface area contributed by atoms with Crippen LogP contribution >= 0.6 is 0 Å². The fourth-order valence-electron chi connectivity index (χ4n) is 4.97. The van der Waals surface area contributed by atoms with Gasteiger partial charge in [-0.25, -0.2) is 18.6 Å². The van der Waals surface area contributed by atoms with Crippen molar-refractivity contribution in [2.75, 3.05) is 11.9 Å². The predicted octanol–water partition coefficient (Wildman–Crippen LogP) is 3.84. The van der Waals surface area contributed by atoms with E-state index in [9.17, 15) is 23.2 Å². The van der Waals surface area contributed by atoms with Gasteiger partial charge >= 0.3 is 6.03 Å². The maximum absolute atomic E-state index is 14.1. The van der Waals surface area contributed by atoms with Gasteiger partial charge in [0.15, 0.2) is 0 Å². The lowest BCUT2D eigenvalue weighted by Gasteiger charge is -2.22. The molecule has 1 spiro atoms. The minimum Gasteiger partial charge on any atom is -0.338 e. The Hall–Kier alpha value is -4.60. The molecule has 6 rings (SSSR count). The molecule has 1 aliphatic carbocycles. The Balaban J connectivity index is 1.20. The number of imidazole rings is 1. The van der Waals surface area contributed by atoms with Crippen molar-refractivity contribution in [3.63, 3.8) is 0 Å². The molecule has 2 heterocycles. The first-order valence-electron chi connectivity index (χ1n) is 11.3. The Kier molecular flexibility index (Phi) is 4.85. The summed E-state index contributed by atoms with van der Waals surface area (Å²) in [5, 5.41) is 5.47. The van der Waals surface area contributed by atoms with Crippen molar-refractivity contribution < 1.29 is 23.2 Å². The molecule has 3 aromatic carbocycles. The standard InChI is InChI=1S/C26H19F2N5O3/c27-15-5-7-19(28)17(11-15)23-30-20-8-6-16(12-21(20)31-23)29-22(34)13-33-24(35)26(32-25(33)36)10-9-14-3-1-2-4-18(14)26/h1-8,11-12H,9-10,13H2,(H,29,34)(H,30,31)(H,32,36). The summed E-state index contributed by atoms with van der Waals surface area (Å²) in [6, 6.07) is 14.7. The number of aromatic amines is 1. The summed E-state index contributed by atoms with van der Waals surface area (Å²) < 4.78 is 27.7. The van der Waals surface area contributed by atoms with Crippen molar-refractivity contribution >= 4 is 34.6 Å². The number of hydrogen-bond donors (Lipinski definition) is 3. The van der Waals surface area contributed by atoms with Crippen LogP contribution in [0.5, 0.6) is 0 Å². The number of rotatable bonds is 4. The van der Waals surface area contributed by atoms with Crippen LogP contribution in [0.2, 0.25) is 0 Å². The summed E-state index contributed by atoms with van der Waals surface area (Å²) >= 11 is 0. The van der Waals surface area contributed by atoms with Gasteiger partial charge in [-0.2, -0.15) is 0 Å². The Morgan fingerprint density at radius 2 is 1.92 bits per heavy atom. The SMILES string of the molecule is O=C(CN1C(=O)NC2(CCc3ccccc32)C1=O)Nc1ccc2nc(-c3cc(F)ccc3F)[nH]c2c1. The lowest BCUT2D eigenvalue weighted by Crippen LogP contribution is -2.42. The molecule has 4 amide bonds. The van der Waals surface area contributed by atoms with E-state index >= 15 is 0 Å². The van der Waals surface area contributed by atoms with Crippen LogP contribution in [0.3, 0.4) is 0 Å². The number of benzene rings is 3. The second-order valence-corrected chi connectivity index (χ2v) is 8.87. The summed E-state index contributed by atoms with van der Waals surface area (Å²) in [4.78, 5) is 46.8. The summed E-state index contributed by atoms with van der Waals surface area (Å²) in [6.45, 7) is -0.449. The van der Waals surface area contributed by atoms with Crippen LogP contribution in [0.1, 0.15) is 17.5 Å². The van der Waals surface area contributed by atoms with E-state index in [2.05, 4.69) is 20.6 Å². The fourth-order valence-corrected chi connectivity index (χ4v) is 4.97. The summed E-state index contributed by atoms with van der Waals surface area (Å²) in [7, 11) is 0. The first-order chi connectivity index (χ1) is 17.3. The smallest absolute Gasteiger partial charge is 0.325 e. The van der Waals surface area contributed by atoms with Gasteiger partial charge < -0.3 is 15.6 Å². The minimum atomic E-state index is -1.13. The Bertz CT molecular complexity index is 1580. The van der Waals surface area contributed by atoms with Gasteiger partial charge in [-0.1, -0.05) is 24.3 Å². The average Bonchev–Trinajstić information content (AvgIpc) is 3.52. The van der Waals surface area contributed by atoms with Crippen molar-refractivity contribution in [1.29, 1.82) is 0 Å². The van der Waals surface area contributed by atoms with E-state index in [-0.39, 0.29) is 11.4 Å². The molecule has 0 saturated carbocycles. The molecule has 1 unspecified atom stereocenters. The largest absolute Gasteiger partial charge is 0.338 e. The van der Waals surface area contributed by atoms with Gasteiger partial charge in [0.05, 0.1) is 16.6 Å². The van der Waals surface area contributed by atoms with Crippen molar-refractivity contribution in [1.82, 2.24) is 20.2 Å². The van der Waals surface area contributed by atoms with Gasteiger partial charge in [-0.15, -0.1) is 0 Å². The quantitative estimate of drug-likeness (QED) is 0.380. The Labute approximate surface area is 203 Å². The number of urea groups is 1. The van der Waals surface area contributed by atoms with Gasteiger partial charge in [0.25, 0.3) is 5.91 Å². The first-order valence-corrected chi connectivity index (χ1v) is 11.3. The summed E-state index contributed by atoms with van der Waals surface area (Å²) in [5.74, 6) is -2.08. The lowest BCUT2D eigenvalue weighted by atomic mass is 9.92. The molecular formula is C26H19F2N5O3. The topological polar surface area (TPSA) is 107 Å². The minimum absolute atomic E-state index is 0.0160. The van der Waals surface area contributed by atoms with E-state index in [0.717, 1.165) is 34.2 Å². The number of anilines is 1. The van der Waals surface area contributed by atoms with Crippen LogP contribution in [0.15, 0.2) is 60.7 Å². The van der Waals surface area contributed by atoms with Crippen LogP contribution in [-0.2, 0) is 21.5 Å². The van der Waals surface area contributed by atoms with E-state index < -0.39 is 41.6 Å². The molecule has 180 valence electrons. The molecule has 1 saturated heterocycles. The Morgan fingerprint density at radius 3 is 2.78 bits per heavy atom. The maximum atomic E-state index is 14.1. The molecule has 1 aromatic heterocycles. The highest BCUT2D eigenvalue weighted by Crippen LogP contribution is 2.41. The van der Waals surface area contributed by atoms with Gasteiger partial charge in [-0.05, 0) is 60.4 Å². The number of nitrogens with zero attached hydrogens (tertiary/aromatic N) is 2. The summed E-state index contributed by atoms with van der Waals surface area (Å²) in [6.07, 6.45) is 1.10. The van der Waals surface area contributed by atoms with E-state index in [1.165, 1.54) is 0 Å². The molecular weight excluding hydrogens is 468 g/mol.